The second-order valence-corrected chi connectivity index (χ2v) is 12.3. The topological polar surface area (TPSA) is 124 Å². The molecule has 2 aromatic heterocycles. The van der Waals surface area contributed by atoms with Gasteiger partial charge in [-0.05, 0) is 72.1 Å². The minimum atomic E-state index is -1.09. The third kappa shape index (κ3) is 7.78. The molecule has 0 saturated carbocycles. The molecular weight excluding hydrogens is 569 g/mol. The standard InChI is InChI=1S/C32H42FN5O6/c1-8-43-30(41)27(44-31(3,4)5)26-20(2)35-25-18-24(28(40)34-19-23(39)17-21-9-11-22(33)12-10-21)36-38(25)29(26)37-15-13-32(6,42-7)14-16-37/h9-12,18,27H,8,13-17,19H2,1-7H3,(H,34,40). The number of hydrogen-bond donors (Lipinski definition) is 1. The quantitative estimate of drug-likeness (QED) is 0.319. The summed E-state index contributed by atoms with van der Waals surface area (Å²) < 4.78 is 32.2. The van der Waals surface area contributed by atoms with Crippen LogP contribution in [-0.2, 0) is 30.2 Å². The van der Waals surface area contributed by atoms with Crippen LogP contribution in [0.5, 0.6) is 0 Å². The van der Waals surface area contributed by atoms with E-state index < -0.39 is 23.6 Å². The first kappa shape index (κ1) is 33.0. The number of nitrogens with zero attached hydrogens (tertiary/aromatic N) is 4. The third-order valence-corrected chi connectivity index (χ3v) is 7.65. The number of carbonyl (C=O) groups excluding carboxylic acids is 3. The summed E-state index contributed by atoms with van der Waals surface area (Å²) in [6.45, 7) is 12.3. The maximum Gasteiger partial charge on any atom is 0.340 e. The maximum atomic E-state index is 13.3. The number of halogens is 1. The lowest BCUT2D eigenvalue weighted by Gasteiger charge is -2.40. The van der Waals surface area contributed by atoms with Crippen LogP contribution in [0.25, 0.3) is 5.65 Å². The minimum absolute atomic E-state index is 0.0539. The van der Waals surface area contributed by atoms with Crippen LogP contribution in [0.1, 0.15) is 80.9 Å². The van der Waals surface area contributed by atoms with Crippen molar-refractivity contribution in [1.82, 2.24) is 19.9 Å². The van der Waals surface area contributed by atoms with E-state index in [4.69, 9.17) is 19.2 Å². The predicted molar refractivity (Wildman–Crippen MR) is 162 cm³/mol. The molecule has 1 aromatic carbocycles. The molecule has 1 fully saturated rings. The highest BCUT2D eigenvalue weighted by molar-refractivity contribution is 5.96. The van der Waals surface area contributed by atoms with Gasteiger partial charge in [0.15, 0.2) is 23.2 Å². The van der Waals surface area contributed by atoms with Gasteiger partial charge in [0.1, 0.15) is 11.6 Å². The van der Waals surface area contributed by atoms with Gasteiger partial charge in [-0.1, -0.05) is 12.1 Å². The zero-order chi connectivity index (χ0) is 32.2. The Morgan fingerprint density at radius 2 is 1.80 bits per heavy atom. The fourth-order valence-electron chi connectivity index (χ4n) is 5.19. The zero-order valence-electron chi connectivity index (χ0n) is 26.5. The second-order valence-electron chi connectivity index (χ2n) is 12.3. The predicted octanol–water partition coefficient (Wildman–Crippen LogP) is 4.14. The molecule has 0 bridgehead atoms. The fourth-order valence-corrected chi connectivity index (χ4v) is 5.19. The number of amides is 1. The van der Waals surface area contributed by atoms with Gasteiger partial charge in [-0.25, -0.2) is 14.2 Å². The van der Waals surface area contributed by atoms with Crippen molar-refractivity contribution in [3.05, 3.63) is 58.7 Å². The van der Waals surface area contributed by atoms with Crippen LogP contribution in [-0.4, -0.2) is 76.8 Å². The van der Waals surface area contributed by atoms with Crippen molar-refractivity contribution in [2.75, 3.05) is 38.3 Å². The second kappa shape index (κ2) is 13.4. The first-order chi connectivity index (χ1) is 20.7. The van der Waals surface area contributed by atoms with Crippen molar-refractivity contribution in [3.63, 3.8) is 0 Å². The van der Waals surface area contributed by atoms with E-state index in [0.717, 1.165) is 12.8 Å². The van der Waals surface area contributed by atoms with Crippen LogP contribution in [0.3, 0.4) is 0 Å². The summed E-state index contributed by atoms with van der Waals surface area (Å²) in [5, 5.41) is 7.24. The molecule has 1 aliphatic heterocycles. The number of aryl methyl sites for hydroxylation is 1. The zero-order valence-corrected chi connectivity index (χ0v) is 26.5. The van der Waals surface area contributed by atoms with Crippen LogP contribution in [0.4, 0.5) is 10.2 Å². The van der Waals surface area contributed by atoms with Gasteiger partial charge in [-0.15, -0.1) is 0 Å². The van der Waals surface area contributed by atoms with Gasteiger partial charge >= 0.3 is 5.97 Å². The molecule has 1 amide bonds. The third-order valence-electron chi connectivity index (χ3n) is 7.65. The highest BCUT2D eigenvalue weighted by atomic mass is 19.1. The first-order valence-electron chi connectivity index (χ1n) is 14.8. The van der Waals surface area contributed by atoms with E-state index in [2.05, 4.69) is 22.2 Å². The van der Waals surface area contributed by atoms with Crippen molar-refractivity contribution in [1.29, 1.82) is 0 Å². The van der Waals surface area contributed by atoms with E-state index in [1.165, 1.54) is 24.3 Å². The molecule has 1 aliphatic rings. The first-order valence-corrected chi connectivity index (χ1v) is 14.8. The van der Waals surface area contributed by atoms with Gasteiger partial charge in [-0.2, -0.15) is 9.61 Å². The molecule has 3 aromatic rings. The van der Waals surface area contributed by atoms with Crippen LogP contribution >= 0.6 is 0 Å². The van der Waals surface area contributed by atoms with Crippen LogP contribution in [0, 0.1) is 12.7 Å². The smallest absolute Gasteiger partial charge is 0.340 e. The van der Waals surface area contributed by atoms with Gasteiger partial charge in [0.2, 0.25) is 0 Å². The molecule has 1 unspecified atom stereocenters. The summed E-state index contributed by atoms with van der Waals surface area (Å²) in [7, 11) is 1.70. The molecule has 0 radical (unpaired) electrons. The number of benzene rings is 1. The number of aromatic nitrogens is 3. The number of anilines is 1. The van der Waals surface area contributed by atoms with Crippen LogP contribution < -0.4 is 10.2 Å². The number of ketones is 1. The van der Waals surface area contributed by atoms with Gasteiger partial charge in [-0.3, -0.25) is 9.59 Å². The normalized spacial score (nSPS) is 15.7. The van der Waals surface area contributed by atoms with Gasteiger partial charge in [0, 0.05) is 38.4 Å². The molecule has 12 heteroatoms. The Kier molecular flexibility index (Phi) is 10.0. The average molecular weight is 612 g/mol. The lowest BCUT2D eigenvalue weighted by atomic mass is 9.93. The van der Waals surface area contributed by atoms with Crippen molar-refractivity contribution in [2.45, 2.75) is 78.1 Å². The Morgan fingerprint density at radius 3 is 2.39 bits per heavy atom. The fraction of sp³-hybridized carbons (Fsp3) is 0.531. The number of Topliss-reactive ketones (excluding diaryl/α,β-unsaturated/α-hetero) is 1. The van der Waals surface area contributed by atoms with Gasteiger partial charge < -0.3 is 24.4 Å². The summed E-state index contributed by atoms with van der Waals surface area (Å²) in [5.41, 5.74) is 1.18. The number of nitrogens with one attached hydrogen (secondary N) is 1. The Balaban J connectivity index is 1.71. The number of methoxy groups -OCH3 is 1. The molecule has 3 heterocycles. The molecule has 44 heavy (non-hydrogen) atoms. The van der Waals surface area contributed by atoms with Crippen molar-refractivity contribution < 1.29 is 33.0 Å². The Morgan fingerprint density at radius 1 is 1.14 bits per heavy atom. The number of piperidine rings is 1. The van der Waals surface area contributed by atoms with E-state index in [-0.39, 0.29) is 42.5 Å². The van der Waals surface area contributed by atoms with Gasteiger partial charge in [0.25, 0.3) is 5.91 Å². The Bertz CT molecular complexity index is 1510. The van der Waals surface area contributed by atoms with Crippen molar-refractivity contribution in [2.24, 2.45) is 0 Å². The number of carbonyl (C=O) groups is 3. The summed E-state index contributed by atoms with van der Waals surface area (Å²) >= 11 is 0. The average Bonchev–Trinajstić information content (AvgIpc) is 3.39. The SMILES string of the molecule is CCOC(=O)C(OC(C)(C)C)c1c(C)nc2cc(C(=O)NCC(=O)Cc3ccc(F)cc3)nn2c1N1CCC(C)(OC)CC1. The number of rotatable bonds is 11. The van der Waals surface area contributed by atoms with E-state index in [9.17, 15) is 18.8 Å². The lowest BCUT2D eigenvalue weighted by Crippen LogP contribution is -2.45. The van der Waals surface area contributed by atoms with Crippen LogP contribution in [0.15, 0.2) is 30.3 Å². The van der Waals surface area contributed by atoms with Crippen LogP contribution in [0.2, 0.25) is 0 Å². The number of hydrogen-bond acceptors (Lipinski definition) is 9. The molecule has 1 atom stereocenters. The van der Waals surface area contributed by atoms with Crippen molar-refractivity contribution >= 4 is 29.1 Å². The lowest BCUT2D eigenvalue weighted by molar-refractivity contribution is -0.166. The minimum Gasteiger partial charge on any atom is -0.464 e. The molecule has 238 valence electrons. The maximum absolute atomic E-state index is 13.3. The summed E-state index contributed by atoms with van der Waals surface area (Å²) in [4.78, 5) is 45.9. The molecule has 11 nitrogen and oxygen atoms in total. The van der Waals surface area contributed by atoms with Crippen molar-refractivity contribution in [3.8, 4) is 0 Å². The summed E-state index contributed by atoms with van der Waals surface area (Å²) in [6.07, 6.45) is 0.406. The Labute approximate surface area is 257 Å². The molecular formula is C32H42FN5O6. The molecule has 1 N–H and O–H groups in total. The highest BCUT2D eigenvalue weighted by Gasteiger charge is 2.38. The number of esters is 1. The van der Waals surface area contributed by atoms with E-state index in [0.29, 0.717) is 41.4 Å². The number of fused-ring (bicyclic) bond motifs is 1. The Hall–Kier alpha value is -3.90. The molecule has 1 saturated heterocycles. The van der Waals surface area contributed by atoms with E-state index in [1.807, 2.05) is 20.8 Å². The molecule has 4 rings (SSSR count). The van der Waals surface area contributed by atoms with E-state index in [1.54, 1.807) is 31.5 Å². The molecule has 0 aliphatic carbocycles. The summed E-state index contributed by atoms with van der Waals surface area (Å²) in [5.74, 6) is -1.14. The largest absolute Gasteiger partial charge is 0.464 e. The van der Waals surface area contributed by atoms with Gasteiger partial charge in [0.05, 0.1) is 29.9 Å². The molecule has 0 spiro atoms. The number of ether oxygens (including phenoxy) is 3. The monoisotopic (exact) mass is 611 g/mol. The summed E-state index contributed by atoms with van der Waals surface area (Å²) in [6, 6.07) is 7.19. The van der Waals surface area contributed by atoms with E-state index >= 15 is 0 Å². The highest BCUT2D eigenvalue weighted by Crippen LogP contribution is 2.38.